The first-order valence-corrected chi connectivity index (χ1v) is 14.4. The first kappa shape index (κ1) is 29.4. The number of allylic oxidation sites excluding steroid dienone is 5. The Balaban J connectivity index is 1.33. The van der Waals surface area contributed by atoms with E-state index in [1.165, 1.54) is 6.07 Å². The average molecular weight is 585 g/mol. The second-order valence-corrected chi connectivity index (χ2v) is 11.1. The smallest absolute Gasteiger partial charge is 0.253 e. The van der Waals surface area contributed by atoms with Gasteiger partial charge in [-0.15, -0.1) is 0 Å². The molecule has 42 heavy (non-hydrogen) atoms. The molecule has 3 aromatic rings. The van der Waals surface area contributed by atoms with Crippen molar-refractivity contribution in [3.63, 3.8) is 0 Å². The summed E-state index contributed by atoms with van der Waals surface area (Å²) >= 11 is 6.44. The van der Waals surface area contributed by atoms with Crippen LogP contribution in [0.25, 0.3) is 6.08 Å². The van der Waals surface area contributed by atoms with Crippen molar-refractivity contribution in [1.29, 1.82) is 0 Å². The molecule has 2 aliphatic rings. The van der Waals surface area contributed by atoms with Gasteiger partial charge in [-0.1, -0.05) is 29.8 Å². The molecular formula is C33H34ClFN6O. The van der Waals surface area contributed by atoms with Crippen molar-refractivity contribution in [3.8, 4) is 0 Å². The third-order valence-electron chi connectivity index (χ3n) is 7.54. The van der Waals surface area contributed by atoms with Crippen LogP contribution in [0.2, 0.25) is 0 Å². The first-order valence-electron chi connectivity index (χ1n) is 14.0. The summed E-state index contributed by atoms with van der Waals surface area (Å²) in [7, 11) is 4.18. The Bertz CT molecular complexity index is 1570. The van der Waals surface area contributed by atoms with E-state index in [2.05, 4.69) is 29.3 Å². The Hall–Kier alpha value is -4.14. The van der Waals surface area contributed by atoms with Gasteiger partial charge in [0.25, 0.3) is 5.91 Å². The van der Waals surface area contributed by atoms with E-state index in [9.17, 15) is 9.18 Å². The lowest BCUT2D eigenvalue weighted by atomic mass is 10.0. The maximum Gasteiger partial charge on any atom is 0.253 e. The molecule has 0 spiro atoms. The molecule has 5 rings (SSSR count). The quantitative estimate of drug-likeness (QED) is 0.365. The molecule has 3 heterocycles. The predicted octanol–water partition coefficient (Wildman–Crippen LogP) is 6.61. The van der Waals surface area contributed by atoms with Gasteiger partial charge in [-0.05, 0) is 94.1 Å². The van der Waals surface area contributed by atoms with E-state index in [1.54, 1.807) is 36.5 Å². The van der Waals surface area contributed by atoms with E-state index in [0.29, 0.717) is 39.6 Å². The number of aliphatic imine (C=N–C) groups is 1. The second-order valence-electron chi connectivity index (χ2n) is 10.7. The summed E-state index contributed by atoms with van der Waals surface area (Å²) < 4.78 is 14.7. The molecule has 0 aliphatic carbocycles. The number of carbonyl (C=O) groups excluding carboxylic acids is 1. The molecule has 7 nitrogen and oxygen atoms in total. The van der Waals surface area contributed by atoms with Crippen molar-refractivity contribution < 1.29 is 9.18 Å². The number of carbonyl (C=O) groups is 1. The largest absolute Gasteiger partial charge is 0.339 e. The van der Waals surface area contributed by atoms with Crippen molar-refractivity contribution in [2.75, 3.05) is 32.5 Å². The lowest BCUT2D eigenvalue weighted by molar-refractivity contribution is 0.0663. The zero-order valence-electron chi connectivity index (χ0n) is 24.0. The number of likely N-dealkylation sites (tertiary alicyclic amines) is 1. The van der Waals surface area contributed by atoms with Crippen LogP contribution in [0.15, 0.2) is 88.6 Å². The van der Waals surface area contributed by atoms with E-state index in [-0.39, 0.29) is 18.3 Å². The molecule has 1 saturated heterocycles. The number of nitrogens with one attached hydrogen (secondary N) is 1. The van der Waals surface area contributed by atoms with E-state index < -0.39 is 0 Å². The number of rotatable bonds is 5. The molecule has 0 atom stereocenters. The third-order valence-corrected chi connectivity index (χ3v) is 7.78. The van der Waals surface area contributed by atoms with Gasteiger partial charge < -0.3 is 15.1 Å². The van der Waals surface area contributed by atoms with E-state index in [4.69, 9.17) is 21.6 Å². The summed E-state index contributed by atoms with van der Waals surface area (Å²) in [5.41, 5.74) is 4.54. The average Bonchev–Trinajstić information content (AvgIpc) is 3.01. The van der Waals surface area contributed by atoms with Gasteiger partial charge in [0, 0.05) is 52.7 Å². The Labute approximate surface area is 251 Å². The number of anilines is 2. The number of aromatic nitrogens is 2. The Morgan fingerprint density at radius 2 is 1.83 bits per heavy atom. The Kier molecular flexibility index (Phi) is 9.25. The predicted molar refractivity (Wildman–Crippen MR) is 168 cm³/mol. The van der Waals surface area contributed by atoms with Gasteiger partial charge in [-0.3, -0.25) is 9.79 Å². The standard InChI is InChI=1S/C33H34ClFN6O/c1-22-19-25(34)7-6-10-30-24(20-36-31(22)28-8-4-5-9-29(28)35)21-37-33(39-30)38-26-13-11-23(12-14-26)32(42)41-17-15-27(16-18-41)40(2)3/h4-14,19,21,27H,15-18,20H2,1-3H3,(H,37,38,39)/b10-6+,22-19?,25-7+,36-31?. The molecule has 0 radical (unpaired) electrons. The number of halogens is 2. The van der Waals surface area contributed by atoms with Gasteiger partial charge >= 0.3 is 0 Å². The van der Waals surface area contributed by atoms with Crippen LogP contribution in [0.3, 0.4) is 0 Å². The van der Waals surface area contributed by atoms with Crippen LogP contribution >= 0.6 is 11.6 Å². The second kappa shape index (κ2) is 13.2. The number of hydrogen-bond acceptors (Lipinski definition) is 6. The number of piperidine rings is 1. The zero-order valence-corrected chi connectivity index (χ0v) is 24.8. The highest BCUT2D eigenvalue weighted by Gasteiger charge is 2.24. The third kappa shape index (κ3) is 7.01. The van der Waals surface area contributed by atoms with Gasteiger partial charge in [0.15, 0.2) is 0 Å². The molecule has 1 amide bonds. The molecule has 0 unspecified atom stereocenters. The minimum atomic E-state index is -0.352. The summed E-state index contributed by atoms with van der Waals surface area (Å²) in [5, 5.41) is 3.71. The molecule has 2 aliphatic heterocycles. The fourth-order valence-corrected chi connectivity index (χ4v) is 5.37. The van der Waals surface area contributed by atoms with Gasteiger partial charge in [0.05, 0.1) is 18.0 Å². The normalized spacial score (nSPS) is 18.2. The van der Waals surface area contributed by atoms with Crippen molar-refractivity contribution >= 4 is 40.9 Å². The van der Waals surface area contributed by atoms with Crippen molar-refractivity contribution in [3.05, 3.63) is 112 Å². The van der Waals surface area contributed by atoms with Crippen LogP contribution in [0.5, 0.6) is 0 Å². The fraction of sp³-hybridized carbons (Fsp3) is 0.273. The van der Waals surface area contributed by atoms with Crippen molar-refractivity contribution in [2.24, 2.45) is 4.99 Å². The number of fused-ring (bicyclic) bond motifs is 1. The van der Waals surface area contributed by atoms with Crippen LogP contribution in [-0.4, -0.2) is 64.6 Å². The summed E-state index contributed by atoms with van der Waals surface area (Å²) in [5.74, 6) is 0.103. The van der Waals surface area contributed by atoms with Gasteiger partial charge in [0.2, 0.25) is 5.95 Å². The molecule has 2 aromatic carbocycles. The summed E-state index contributed by atoms with van der Waals surface area (Å²) in [6, 6.07) is 14.4. The lowest BCUT2D eigenvalue weighted by Crippen LogP contribution is -2.44. The highest BCUT2D eigenvalue weighted by atomic mass is 35.5. The number of amides is 1. The number of hydrogen-bond donors (Lipinski definition) is 1. The molecule has 1 N–H and O–H groups in total. The summed E-state index contributed by atoms with van der Waals surface area (Å²) in [4.78, 5) is 31.2. The fourth-order valence-electron chi connectivity index (χ4n) is 5.13. The molecule has 0 saturated carbocycles. The molecule has 9 heteroatoms. The molecule has 1 aromatic heterocycles. The lowest BCUT2D eigenvalue weighted by Gasteiger charge is -2.35. The zero-order chi connectivity index (χ0) is 29.6. The van der Waals surface area contributed by atoms with E-state index in [1.807, 2.05) is 48.2 Å². The van der Waals surface area contributed by atoms with Crippen LogP contribution in [-0.2, 0) is 6.54 Å². The number of nitrogens with zero attached hydrogens (tertiary/aromatic N) is 5. The van der Waals surface area contributed by atoms with Gasteiger partial charge in [-0.2, -0.15) is 0 Å². The minimum absolute atomic E-state index is 0.0518. The van der Waals surface area contributed by atoms with Crippen molar-refractivity contribution in [1.82, 2.24) is 19.8 Å². The maximum absolute atomic E-state index is 14.7. The summed E-state index contributed by atoms with van der Waals surface area (Å²) in [6.07, 6.45) is 10.9. The van der Waals surface area contributed by atoms with Gasteiger partial charge in [0.1, 0.15) is 5.82 Å². The van der Waals surface area contributed by atoms with E-state index in [0.717, 1.165) is 42.8 Å². The minimum Gasteiger partial charge on any atom is -0.339 e. The van der Waals surface area contributed by atoms with Crippen LogP contribution in [0, 0.1) is 5.82 Å². The maximum atomic E-state index is 14.7. The van der Waals surface area contributed by atoms with Crippen LogP contribution in [0.1, 0.15) is 46.9 Å². The van der Waals surface area contributed by atoms with Crippen LogP contribution < -0.4 is 5.32 Å². The topological polar surface area (TPSA) is 73.7 Å². The molecule has 1 fully saturated rings. The Morgan fingerprint density at radius 3 is 2.55 bits per heavy atom. The first-order chi connectivity index (χ1) is 20.3. The SMILES string of the molecule is CC1=C/C(Cl)=C\C=C\c2nc(Nc3ccc(C(=O)N4CCC(N(C)C)CC4)cc3)ncc2CN=C1c1ccccc1F. The van der Waals surface area contributed by atoms with Gasteiger partial charge in [-0.25, -0.2) is 14.4 Å². The van der Waals surface area contributed by atoms with Crippen LogP contribution in [0.4, 0.5) is 16.0 Å². The highest BCUT2D eigenvalue weighted by Crippen LogP contribution is 2.22. The number of benzene rings is 2. The van der Waals surface area contributed by atoms with Crippen molar-refractivity contribution in [2.45, 2.75) is 32.4 Å². The molecule has 0 bridgehead atoms. The monoisotopic (exact) mass is 584 g/mol. The van der Waals surface area contributed by atoms with E-state index >= 15 is 0 Å². The molecular weight excluding hydrogens is 551 g/mol. The Morgan fingerprint density at radius 1 is 1.10 bits per heavy atom. The molecule has 216 valence electrons. The summed E-state index contributed by atoms with van der Waals surface area (Å²) in [6.45, 7) is 3.65. The highest BCUT2D eigenvalue weighted by molar-refractivity contribution is 6.32.